The fraction of sp³-hybridized carbons (Fsp3) is 0.222. The maximum atomic E-state index is 13.0. The first-order chi connectivity index (χ1) is 6.09. The van der Waals surface area contributed by atoms with E-state index in [2.05, 4.69) is 21.2 Å². The number of carbonyl (C=O) groups is 1. The van der Waals surface area contributed by atoms with Crippen LogP contribution in [0.2, 0.25) is 0 Å². The quantitative estimate of drug-likeness (QED) is 0.746. The topological polar surface area (TPSA) is 29.1 Å². The van der Waals surface area contributed by atoms with E-state index in [1.807, 2.05) is 0 Å². The summed E-state index contributed by atoms with van der Waals surface area (Å²) in [6.07, 6.45) is 0. The van der Waals surface area contributed by atoms with E-state index in [1.54, 1.807) is 13.0 Å². The van der Waals surface area contributed by atoms with Crippen molar-refractivity contribution >= 4 is 27.5 Å². The summed E-state index contributed by atoms with van der Waals surface area (Å²) in [6.45, 7) is 1.80. The zero-order valence-corrected chi connectivity index (χ0v) is 8.48. The average molecular weight is 244 g/mol. The van der Waals surface area contributed by atoms with Crippen LogP contribution in [0.4, 0.5) is 10.1 Å². The summed E-state index contributed by atoms with van der Waals surface area (Å²) in [5.41, 5.74) is 1.43. The lowest BCUT2D eigenvalue weighted by molar-refractivity contribution is -0.116. The van der Waals surface area contributed by atoms with Crippen molar-refractivity contribution in [3.8, 4) is 0 Å². The Morgan fingerprint density at radius 2 is 2.23 bits per heavy atom. The predicted molar refractivity (Wildman–Crippen MR) is 51.1 cm³/mol. The largest absolute Gasteiger partial charge is 0.325 e. The van der Waals surface area contributed by atoms with Gasteiger partial charge in [-0.3, -0.25) is 4.79 Å². The molecule has 68 valence electrons. The maximum Gasteiger partial charge on any atom is 0.231 e. The van der Waals surface area contributed by atoms with E-state index >= 15 is 0 Å². The van der Waals surface area contributed by atoms with E-state index in [-0.39, 0.29) is 17.6 Å². The van der Waals surface area contributed by atoms with Gasteiger partial charge in [0.05, 0.1) is 10.4 Å². The highest BCUT2D eigenvalue weighted by Gasteiger charge is 2.27. The van der Waals surface area contributed by atoms with Gasteiger partial charge in [0.1, 0.15) is 5.82 Å². The van der Waals surface area contributed by atoms with Gasteiger partial charge in [-0.25, -0.2) is 4.39 Å². The second-order valence-electron chi connectivity index (χ2n) is 3.06. The lowest BCUT2D eigenvalue weighted by Crippen LogP contribution is -2.08. The van der Waals surface area contributed by atoms with Crippen molar-refractivity contribution in [3.63, 3.8) is 0 Å². The summed E-state index contributed by atoms with van der Waals surface area (Å²) >= 11 is 3.08. The Bertz CT molecular complexity index is 391. The van der Waals surface area contributed by atoms with Crippen molar-refractivity contribution in [1.82, 2.24) is 0 Å². The number of carbonyl (C=O) groups excluding carboxylic acids is 1. The molecule has 1 amide bonds. The molecule has 1 aliphatic heterocycles. The lowest BCUT2D eigenvalue weighted by atomic mass is 10.0. The van der Waals surface area contributed by atoms with Crippen LogP contribution in [0.15, 0.2) is 16.6 Å². The fourth-order valence-corrected chi connectivity index (χ4v) is 1.77. The molecule has 1 N–H and O–H groups in total. The molecule has 4 heteroatoms. The number of rotatable bonds is 0. The van der Waals surface area contributed by atoms with Crippen molar-refractivity contribution in [2.75, 3.05) is 5.32 Å². The van der Waals surface area contributed by atoms with Crippen LogP contribution in [0.1, 0.15) is 18.4 Å². The van der Waals surface area contributed by atoms with Crippen LogP contribution >= 0.6 is 15.9 Å². The van der Waals surface area contributed by atoms with E-state index < -0.39 is 0 Å². The molecule has 1 aliphatic rings. The van der Waals surface area contributed by atoms with Gasteiger partial charge in [0.25, 0.3) is 0 Å². The lowest BCUT2D eigenvalue weighted by Gasteiger charge is -2.02. The molecule has 1 aromatic rings. The Hall–Kier alpha value is -0.900. The van der Waals surface area contributed by atoms with Crippen molar-refractivity contribution in [3.05, 3.63) is 28.0 Å². The molecule has 1 unspecified atom stereocenters. The van der Waals surface area contributed by atoms with Gasteiger partial charge in [0.15, 0.2) is 0 Å². The molecule has 0 aliphatic carbocycles. The number of hydrogen-bond acceptors (Lipinski definition) is 1. The standard InChI is InChI=1S/C9H7BrFNO/c1-4-5-2-6(10)7(11)3-8(5)12-9(4)13/h2-4H,1H3,(H,12,13). The van der Waals surface area contributed by atoms with Crippen LogP contribution in [-0.2, 0) is 4.79 Å². The zero-order chi connectivity index (χ0) is 9.59. The Labute approximate surface area is 83.3 Å². The van der Waals surface area contributed by atoms with Crippen LogP contribution in [-0.4, -0.2) is 5.91 Å². The molecule has 0 saturated carbocycles. The summed E-state index contributed by atoms with van der Waals surface area (Å²) < 4.78 is 13.4. The van der Waals surface area contributed by atoms with Gasteiger partial charge in [-0.2, -0.15) is 0 Å². The predicted octanol–water partition coefficient (Wildman–Crippen LogP) is 2.64. The van der Waals surface area contributed by atoms with Gasteiger partial charge in [-0.1, -0.05) is 0 Å². The molecule has 2 nitrogen and oxygen atoms in total. The molecule has 0 bridgehead atoms. The highest BCUT2D eigenvalue weighted by molar-refractivity contribution is 9.10. The monoisotopic (exact) mass is 243 g/mol. The van der Waals surface area contributed by atoms with Gasteiger partial charge in [-0.05, 0) is 40.5 Å². The number of halogens is 2. The molecule has 0 radical (unpaired) electrons. The molecule has 1 atom stereocenters. The summed E-state index contributed by atoms with van der Waals surface area (Å²) in [7, 11) is 0. The van der Waals surface area contributed by atoms with Gasteiger partial charge in [0.2, 0.25) is 5.91 Å². The third-order valence-electron chi connectivity index (χ3n) is 2.21. The third kappa shape index (κ3) is 1.25. The van der Waals surface area contributed by atoms with Crippen molar-refractivity contribution in [2.45, 2.75) is 12.8 Å². The fourth-order valence-electron chi connectivity index (χ4n) is 1.41. The number of amides is 1. The van der Waals surface area contributed by atoms with Gasteiger partial charge in [-0.15, -0.1) is 0 Å². The van der Waals surface area contributed by atoms with E-state index in [4.69, 9.17) is 0 Å². The van der Waals surface area contributed by atoms with E-state index in [0.29, 0.717) is 10.2 Å². The zero-order valence-electron chi connectivity index (χ0n) is 6.90. The number of anilines is 1. The summed E-state index contributed by atoms with van der Waals surface area (Å²) in [4.78, 5) is 11.2. The Morgan fingerprint density at radius 3 is 2.92 bits per heavy atom. The van der Waals surface area contributed by atoms with Crippen LogP contribution in [0.3, 0.4) is 0 Å². The molecule has 1 aromatic carbocycles. The summed E-state index contributed by atoms with van der Waals surface area (Å²) in [5.74, 6) is -0.618. The molecule has 2 rings (SSSR count). The minimum absolute atomic E-state index is 0.0764. The van der Waals surface area contributed by atoms with Crippen molar-refractivity contribution in [2.24, 2.45) is 0 Å². The molecule has 0 fully saturated rings. The Kier molecular flexibility index (Phi) is 1.87. The molecule has 0 aromatic heterocycles. The van der Waals surface area contributed by atoms with Gasteiger partial charge < -0.3 is 5.32 Å². The maximum absolute atomic E-state index is 13.0. The number of nitrogens with one attached hydrogen (secondary N) is 1. The molecule has 13 heavy (non-hydrogen) atoms. The highest BCUT2D eigenvalue weighted by Crippen LogP contribution is 2.35. The molecule has 1 heterocycles. The smallest absolute Gasteiger partial charge is 0.231 e. The summed E-state index contributed by atoms with van der Waals surface area (Å²) in [5, 5.41) is 2.62. The molecular weight excluding hydrogens is 237 g/mol. The minimum atomic E-state index is -0.354. The van der Waals surface area contributed by atoms with Crippen LogP contribution in [0.25, 0.3) is 0 Å². The second kappa shape index (κ2) is 2.80. The second-order valence-corrected chi connectivity index (χ2v) is 3.92. The van der Waals surface area contributed by atoms with Crippen molar-refractivity contribution < 1.29 is 9.18 Å². The molecule has 0 saturated heterocycles. The van der Waals surface area contributed by atoms with E-state index in [1.165, 1.54) is 6.07 Å². The van der Waals surface area contributed by atoms with Gasteiger partial charge in [0, 0.05) is 5.69 Å². The van der Waals surface area contributed by atoms with Crippen LogP contribution in [0.5, 0.6) is 0 Å². The molecular formula is C9H7BrFNO. The number of hydrogen-bond donors (Lipinski definition) is 1. The van der Waals surface area contributed by atoms with E-state index in [0.717, 1.165) is 5.56 Å². The Balaban J connectivity index is 2.59. The highest BCUT2D eigenvalue weighted by atomic mass is 79.9. The van der Waals surface area contributed by atoms with E-state index in [9.17, 15) is 9.18 Å². The van der Waals surface area contributed by atoms with Crippen LogP contribution < -0.4 is 5.32 Å². The first-order valence-corrected chi connectivity index (χ1v) is 4.68. The summed E-state index contributed by atoms with van der Waals surface area (Å²) in [6, 6.07) is 2.98. The molecule has 0 spiro atoms. The SMILES string of the molecule is CC1C(=O)Nc2cc(F)c(Br)cc21. The van der Waals surface area contributed by atoms with Crippen LogP contribution in [0, 0.1) is 5.82 Å². The first kappa shape index (κ1) is 8.69. The Morgan fingerprint density at radius 1 is 1.54 bits per heavy atom. The average Bonchev–Trinajstić information content (AvgIpc) is 2.32. The first-order valence-electron chi connectivity index (χ1n) is 3.89. The third-order valence-corrected chi connectivity index (χ3v) is 2.82. The number of benzene rings is 1. The normalized spacial score (nSPS) is 19.9. The minimum Gasteiger partial charge on any atom is -0.325 e. The van der Waals surface area contributed by atoms with Crippen molar-refractivity contribution in [1.29, 1.82) is 0 Å². The number of fused-ring (bicyclic) bond motifs is 1. The van der Waals surface area contributed by atoms with Gasteiger partial charge >= 0.3 is 0 Å².